The van der Waals surface area contributed by atoms with Crippen molar-refractivity contribution in [2.45, 2.75) is 0 Å². The average molecular weight is 431 g/mol. The summed E-state index contributed by atoms with van der Waals surface area (Å²) in [7, 11) is 3.97. The van der Waals surface area contributed by atoms with Crippen molar-refractivity contribution in [1.82, 2.24) is 20.2 Å². The normalized spacial score (nSPS) is 11.3. The molecule has 5 nitrogen and oxygen atoms in total. The van der Waals surface area contributed by atoms with E-state index in [0.29, 0.717) is 17.6 Å². The Morgan fingerprint density at radius 3 is 1.97 bits per heavy atom. The molecular weight excluding hydrogens is 408 g/mol. The van der Waals surface area contributed by atoms with Crippen molar-refractivity contribution in [1.29, 1.82) is 0 Å². The van der Waals surface area contributed by atoms with Crippen LogP contribution in [-0.2, 0) is 0 Å². The summed E-state index contributed by atoms with van der Waals surface area (Å²) in [5.41, 5.74) is 3.60. The minimum atomic E-state index is -0.124. The Morgan fingerprint density at radius 2 is 1.35 bits per heavy atom. The zero-order valence-corrected chi connectivity index (χ0v) is 18.2. The molecule has 0 radical (unpaired) electrons. The Hall–Kier alpha value is -3.28. The third-order valence-electron chi connectivity index (χ3n) is 5.44. The maximum absolute atomic E-state index is 12.9. The lowest BCUT2D eigenvalue weighted by Crippen LogP contribution is -2.31. The van der Waals surface area contributed by atoms with Gasteiger partial charge in [-0.2, -0.15) is 0 Å². The summed E-state index contributed by atoms with van der Waals surface area (Å²) in [5.74, 6) is -0.124. The zero-order valence-electron chi connectivity index (χ0n) is 17.4. The number of benzene rings is 4. The molecule has 1 amide bonds. The van der Waals surface area contributed by atoms with Crippen molar-refractivity contribution in [3.05, 3.63) is 72.3 Å². The monoisotopic (exact) mass is 430 g/mol. The van der Waals surface area contributed by atoms with Gasteiger partial charge in [0.2, 0.25) is 0 Å². The summed E-state index contributed by atoms with van der Waals surface area (Å²) in [5, 5.41) is 7.40. The van der Waals surface area contributed by atoms with Crippen LogP contribution in [0.1, 0.15) is 10.4 Å². The number of hydrogen-bond donors (Lipinski definition) is 1. The van der Waals surface area contributed by atoms with Gasteiger partial charge in [0, 0.05) is 23.9 Å². The van der Waals surface area contributed by atoms with Gasteiger partial charge in [-0.1, -0.05) is 54.6 Å². The van der Waals surface area contributed by atoms with Gasteiger partial charge in [0.05, 0.1) is 22.1 Å². The number of amides is 1. The molecule has 5 rings (SSSR count). The van der Waals surface area contributed by atoms with E-state index in [1.54, 1.807) is 0 Å². The van der Waals surface area contributed by atoms with Gasteiger partial charge in [-0.05, 0) is 37.0 Å². The number of rotatable bonds is 4. The highest BCUT2D eigenvalue weighted by molar-refractivity contribution is 6.24. The molecule has 0 aliphatic rings. The highest BCUT2D eigenvalue weighted by atomic mass is 35.5. The van der Waals surface area contributed by atoms with Crippen molar-refractivity contribution in [3.8, 4) is 0 Å². The van der Waals surface area contributed by atoms with Gasteiger partial charge in [0.1, 0.15) is 5.52 Å². The predicted molar refractivity (Wildman–Crippen MR) is 130 cm³/mol. The zero-order chi connectivity index (χ0) is 20.7. The van der Waals surface area contributed by atoms with Gasteiger partial charge >= 0.3 is 0 Å². The second-order valence-corrected chi connectivity index (χ2v) is 7.74. The van der Waals surface area contributed by atoms with Crippen molar-refractivity contribution in [2.24, 2.45) is 0 Å². The first kappa shape index (κ1) is 21.0. The first-order valence-electron chi connectivity index (χ1n) is 10.1. The number of hydrogen-bond acceptors (Lipinski definition) is 4. The van der Waals surface area contributed by atoms with E-state index in [2.05, 4.69) is 29.6 Å². The van der Waals surface area contributed by atoms with Gasteiger partial charge in [-0.25, -0.2) is 9.97 Å². The van der Waals surface area contributed by atoms with E-state index >= 15 is 0 Å². The summed E-state index contributed by atoms with van der Waals surface area (Å²) in [6.45, 7) is 1.36. The molecule has 1 N–H and O–H groups in total. The fourth-order valence-corrected chi connectivity index (χ4v) is 3.97. The number of halogens is 1. The molecule has 0 aliphatic heterocycles. The van der Waals surface area contributed by atoms with E-state index in [-0.39, 0.29) is 18.3 Å². The highest BCUT2D eigenvalue weighted by Crippen LogP contribution is 2.34. The molecule has 156 valence electrons. The minimum absolute atomic E-state index is 0. The largest absolute Gasteiger partial charge is 0.351 e. The molecule has 1 heterocycles. The van der Waals surface area contributed by atoms with Crippen LogP contribution in [0, 0.1) is 0 Å². The smallest absolute Gasteiger partial charge is 0.253 e. The number of likely N-dealkylation sites (N-methyl/N-ethyl adjacent to an activating group) is 1. The molecule has 1 aromatic heterocycles. The molecule has 0 atom stereocenters. The van der Waals surface area contributed by atoms with Crippen molar-refractivity contribution in [2.75, 3.05) is 27.2 Å². The van der Waals surface area contributed by atoms with E-state index in [1.807, 2.05) is 61.5 Å². The van der Waals surface area contributed by atoms with Crippen molar-refractivity contribution < 1.29 is 4.79 Å². The van der Waals surface area contributed by atoms with E-state index in [4.69, 9.17) is 9.97 Å². The van der Waals surface area contributed by atoms with Crippen LogP contribution in [-0.4, -0.2) is 48.0 Å². The summed E-state index contributed by atoms with van der Waals surface area (Å²) in [6.07, 6.45) is 0. The fraction of sp³-hybridized carbons (Fsp3) is 0.160. The Morgan fingerprint density at radius 1 is 0.774 bits per heavy atom. The molecular formula is C25H23ClN4O. The second kappa shape index (κ2) is 8.46. The summed E-state index contributed by atoms with van der Waals surface area (Å²) in [6, 6.07) is 22.1. The standard InChI is InChI=1S/C25H22N4O.ClH/c1-29(2)15-14-26-25(30)20-12-7-13-21-22(20)28-24-19-11-6-4-9-17(19)16-8-3-5-10-18(16)23(24)27-21;/h3-13H,14-15H2,1-2H3,(H,26,30);1H. The molecule has 5 aromatic rings. The van der Waals surface area contributed by atoms with E-state index in [0.717, 1.165) is 44.6 Å². The topological polar surface area (TPSA) is 58.1 Å². The Balaban J connectivity index is 0.00000231. The first-order chi connectivity index (χ1) is 14.6. The number of para-hydroxylation sites is 1. The van der Waals surface area contributed by atoms with E-state index in [1.165, 1.54) is 0 Å². The summed E-state index contributed by atoms with van der Waals surface area (Å²) >= 11 is 0. The molecule has 0 fully saturated rings. The molecule has 0 saturated heterocycles. The SMILES string of the molecule is CN(C)CCNC(=O)c1cccc2nc3c4ccccc4c4ccccc4c3nc12.Cl. The number of aromatic nitrogens is 2. The third-order valence-corrected chi connectivity index (χ3v) is 5.44. The quantitative estimate of drug-likeness (QED) is 0.328. The third kappa shape index (κ3) is 3.67. The first-order valence-corrected chi connectivity index (χ1v) is 10.1. The molecule has 0 aliphatic carbocycles. The molecule has 0 bridgehead atoms. The van der Waals surface area contributed by atoms with Crippen LogP contribution in [0.15, 0.2) is 66.7 Å². The fourth-order valence-electron chi connectivity index (χ4n) is 3.97. The summed E-state index contributed by atoms with van der Waals surface area (Å²) < 4.78 is 0. The lowest BCUT2D eigenvalue weighted by molar-refractivity contribution is 0.0952. The molecule has 6 heteroatoms. The van der Waals surface area contributed by atoms with Gasteiger partial charge in [0.25, 0.3) is 5.91 Å². The molecule has 0 saturated carbocycles. The van der Waals surface area contributed by atoms with Crippen LogP contribution < -0.4 is 5.32 Å². The Labute approximate surface area is 186 Å². The Bertz CT molecular complexity index is 1430. The second-order valence-electron chi connectivity index (χ2n) is 7.74. The lowest BCUT2D eigenvalue weighted by atomic mass is 9.99. The van der Waals surface area contributed by atoms with Crippen LogP contribution in [0.2, 0.25) is 0 Å². The lowest BCUT2D eigenvalue weighted by Gasteiger charge is -2.13. The number of carbonyl (C=O) groups excluding carboxylic acids is 1. The molecule has 4 aromatic carbocycles. The molecule has 0 spiro atoms. The predicted octanol–water partition coefficient (Wildman–Crippen LogP) is 4.80. The Kier molecular flexibility index (Phi) is 5.72. The van der Waals surface area contributed by atoms with E-state index < -0.39 is 0 Å². The number of nitrogens with one attached hydrogen (secondary N) is 1. The van der Waals surface area contributed by atoms with Gasteiger partial charge in [-0.15, -0.1) is 12.4 Å². The number of fused-ring (bicyclic) bond motifs is 7. The van der Waals surface area contributed by atoms with Gasteiger partial charge in [0.15, 0.2) is 0 Å². The van der Waals surface area contributed by atoms with E-state index in [9.17, 15) is 4.79 Å². The van der Waals surface area contributed by atoms with Crippen LogP contribution in [0.25, 0.3) is 43.6 Å². The van der Waals surface area contributed by atoms with Crippen LogP contribution in [0.3, 0.4) is 0 Å². The number of carbonyl (C=O) groups is 1. The van der Waals surface area contributed by atoms with Gasteiger partial charge in [-0.3, -0.25) is 4.79 Å². The van der Waals surface area contributed by atoms with Crippen LogP contribution in [0.4, 0.5) is 0 Å². The molecule has 31 heavy (non-hydrogen) atoms. The maximum atomic E-state index is 12.9. The maximum Gasteiger partial charge on any atom is 0.253 e. The average Bonchev–Trinajstić information content (AvgIpc) is 2.77. The molecule has 0 unspecified atom stereocenters. The van der Waals surface area contributed by atoms with Crippen LogP contribution >= 0.6 is 12.4 Å². The van der Waals surface area contributed by atoms with Crippen LogP contribution in [0.5, 0.6) is 0 Å². The van der Waals surface area contributed by atoms with Crippen molar-refractivity contribution >= 4 is 61.9 Å². The van der Waals surface area contributed by atoms with Gasteiger partial charge < -0.3 is 10.2 Å². The highest BCUT2D eigenvalue weighted by Gasteiger charge is 2.16. The summed E-state index contributed by atoms with van der Waals surface area (Å²) in [4.78, 5) is 24.8. The number of nitrogens with zero attached hydrogens (tertiary/aromatic N) is 3. The minimum Gasteiger partial charge on any atom is -0.351 e. The van der Waals surface area contributed by atoms with Crippen molar-refractivity contribution in [3.63, 3.8) is 0 Å².